The molecule has 6 heteroatoms. The van der Waals surface area contributed by atoms with Gasteiger partial charge in [-0.15, -0.1) is 0 Å². The Morgan fingerprint density at radius 3 is 3.10 bits per heavy atom. The van der Waals surface area contributed by atoms with Gasteiger partial charge in [0.05, 0.1) is 13.7 Å². The number of carbonyl (C=O) groups is 1. The zero-order valence-electron chi connectivity index (χ0n) is 12.3. The number of carbonyl (C=O) groups excluding carboxylic acids is 1. The van der Waals surface area contributed by atoms with E-state index in [1.807, 2.05) is 0 Å². The molecular formula is C15H19N3O3. The van der Waals surface area contributed by atoms with E-state index in [9.17, 15) is 4.79 Å². The van der Waals surface area contributed by atoms with E-state index in [-0.39, 0.29) is 0 Å². The fourth-order valence-electron chi connectivity index (χ4n) is 2.11. The summed E-state index contributed by atoms with van der Waals surface area (Å²) in [6, 6.07) is 1.64. The molecule has 1 aliphatic heterocycles. The molecule has 1 atom stereocenters. The predicted molar refractivity (Wildman–Crippen MR) is 76.8 cm³/mol. The molecule has 1 aromatic rings. The van der Waals surface area contributed by atoms with E-state index in [4.69, 9.17) is 4.74 Å². The van der Waals surface area contributed by atoms with Crippen molar-refractivity contribution in [2.24, 2.45) is 5.92 Å². The lowest BCUT2D eigenvalue weighted by Crippen LogP contribution is -2.33. The third kappa shape index (κ3) is 5.04. The fourth-order valence-corrected chi connectivity index (χ4v) is 2.11. The first-order valence-electron chi connectivity index (χ1n) is 6.96. The Morgan fingerprint density at radius 2 is 2.38 bits per heavy atom. The number of methoxy groups -OCH3 is 1. The van der Waals surface area contributed by atoms with E-state index in [0.29, 0.717) is 29.9 Å². The third-order valence-corrected chi connectivity index (χ3v) is 3.16. The second-order valence-electron chi connectivity index (χ2n) is 4.90. The number of nitrogens with one attached hydrogen (secondary N) is 1. The Hall–Kier alpha value is -2.13. The highest BCUT2D eigenvalue weighted by Crippen LogP contribution is 2.14. The number of aromatic nitrogens is 2. The minimum Gasteiger partial charge on any atom is -0.477 e. The Kier molecular flexibility index (Phi) is 5.52. The summed E-state index contributed by atoms with van der Waals surface area (Å²) in [5.74, 6) is 5.94. The van der Waals surface area contributed by atoms with Gasteiger partial charge in [-0.3, -0.25) is 0 Å². The van der Waals surface area contributed by atoms with Crippen molar-refractivity contribution in [2.45, 2.75) is 19.8 Å². The molecule has 0 spiro atoms. The molecule has 1 aliphatic rings. The standard InChI is InChI=1S/C15H19N3O3/c1-11-17-13(5-6-15(19)20-2)8-14(18-11)21-10-12-4-3-7-16-9-12/h8,12,16H,3-4,7,9-10H2,1-2H3. The highest BCUT2D eigenvalue weighted by Gasteiger charge is 2.14. The van der Waals surface area contributed by atoms with Gasteiger partial charge < -0.3 is 14.8 Å². The highest BCUT2D eigenvalue weighted by atomic mass is 16.5. The van der Waals surface area contributed by atoms with Gasteiger partial charge in [0.25, 0.3) is 0 Å². The predicted octanol–water partition coefficient (Wildman–Crippen LogP) is 0.688. The molecule has 2 heterocycles. The maximum atomic E-state index is 11.0. The molecule has 112 valence electrons. The van der Waals surface area contributed by atoms with Crippen LogP contribution in [0.1, 0.15) is 24.4 Å². The molecule has 0 bridgehead atoms. The molecule has 1 unspecified atom stereocenters. The second kappa shape index (κ2) is 7.60. The Bertz CT molecular complexity index is 557. The summed E-state index contributed by atoms with van der Waals surface area (Å²) in [5.41, 5.74) is 0.449. The fraction of sp³-hybridized carbons (Fsp3) is 0.533. The summed E-state index contributed by atoms with van der Waals surface area (Å²) in [7, 11) is 1.29. The number of esters is 1. The van der Waals surface area contributed by atoms with Crippen LogP contribution < -0.4 is 10.1 Å². The first-order valence-corrected chi connectivity index (χ1v) is 6.96. The van der Waals surface area contributed by atoms with Gasteiger partial charge in [-0.05, 0) is 32.2 Å². The Morgan fingerprint density at radius 1 is 1.52 bits per heavy atom. The number of piperidine rings is 1. The minimum absolute atomic E-state index is 0.449. The van der Waals surface area contributed by atoms with Gasteiger partial charge >= 0.3 is 5.97 Å². The summed E-state index contributed by atoms with van der Waals surface area (Å²) in [5, 5.41) is 3.35. The van der Waals surface area contributed by atoms with Gasteiger partial charge in [-0.1, -0.05) is 0 Å². The van der Waals surface area contributed by atoms with Crippen molar-refractivity contribution < 1.29 is 14.3 Å². The van der Waals surface area contributed by atoms with Gasteiger partial charge in [0.15, 0.2) is 0 Å². The monoisotopic (exact) mass is 289 g/mol. The van der Waals surface area contributed by atoms with Crippen LogP contribution in [0.4, 0.5) is 0 Å². The zero-order valence-corrected chi connectivity index (χ0v) is 12.3. The number of hydrogen-bond donors (Lipinski definition) is 1. The molecule has 6 nitrogen and oxygen atoms in total. The average Bonchev–Trinajstić information content (AvgIpc) is 2.51. The van der Waals surface area contributed by atoms with Gasteiger partial charge in [0, 0.05) is 24.4 Å². The second-order valence-corrected chi connectivity index (χ2v) is 4.90. The van der Waals surface area contributed by atoms with Crippen LogP contribution in [0.3, 0.4) is 0 Å². The van der Waals surface area contributed by atoms with Crippen LogP contribution in [0.25, 0.3) is 0 Å². The molecule has 1 N–H and O–H groups in total. The van der Waals surface area contributed by atoms with Crippen molar-refractivity contribution in [1.82, 2.24) is 15.3 Å². The Balaban J connectivity index is 2.00. The number of aryl methyl sites for hydroxylation is 1. The Labute approximate surface area is 124 Å². The molecule has 1 fully saturated rings. The molecule has 1 aromatic heterocycles. The van der Waals surface area contributed by atoms with E-state index < -0.39 is 5.97 Å². The number of hydrogen-bond acceptors (Lipinski definition) is 6. The molecular weight excluding hydrogens is 270 g/mol. The van der Waals surface area contributed by atoms with Gasteiger partial charge in [0.1, 0.15) is 11.5 Å². The third-order valence-electron chi connectivity index (χ3n) is 3.16. The van der Waals surface area contributed by atoms with Crippen LogP contribution >= 0.6 is 0 Å². The lowest BCUT2D eigenvalue weighted by Gasteiger charge is -2.22. The molecule has 0 radical (unpaired) electrons. The van der Waals surface area contributed by atoms with E-state index >= 15 is 0 Å². The van der Waals surface area contributed by atoms with E-state index in [1.54, 1.807) is 13.0 Å². The highest BCUT2D eigenvalue weighted by molar-refractivity contribution is 5.88. The van der Waals surface area contributed by atoms with Crippen LogP contribution in [0.5, 0.6) is 5.88 Å². The first kappa shape index (κ1) is 15.3. The van der Waals surface area contributed by atoms with Crippen LogP contribution in [-0.4, -0.2) is 42.7 Å². The molecule has 0 aliphatic carbocycles. The lowest BCUT2D eigenvalue weighted by atomic mass is 10.0. The summed E-state index contributed by atoms with van der Waals surface area (Å²) in [4.78, 5) is 19.4. The van der Waals surface area contributed by atoms with E-state index in [0.717, 1.165) is 19.5 Å². The average molecular weight is 289 g/mol. The van der Waals surface area contributed by atoms with Crippen molar-refractivity contribution in [3.8, 4) is 17.7 Å². The normalized spacial score (nSPS) is 17.5. The molecule has 0 amide bonds. The lowest BCUT2D eigenvalue weighted by molar-refractivity contribution is -0.133. The van der Waals surface area contributed by atoms with E-state index in [2.05, 4.69) is 31.9 Å². The largest absolute Gasteiger partial charge is 0.477 e. The van der Waals surface area contributed by atoms with Gasteiger partial charge in [0.2, 0.25) is 5.88 Å². The number of ether oxygens (including phenoxy) is 2. The zero-order chi connectivity index (χ0) is 15.1. The summed E-state index contributed by atoms with van der Waals surface area (Å²) >= 11 is 0. The minimum atomic E-state index is -0.595. The molecule has 0 aromatic carbocycles. The smallest absolute Gasteiger partial charge is 0.384 e. The summed E-state index contributed by atoms with van der Waals surface area (Å²) in [6.45, 7) is 4.43. The quantitative estimate of drug-likeness (QED) is 0.652. The van der Waals surface area contributed by atoms with Crippen molar-refractivity contribution >= 4 is 5.97 Å². The van der Waals surface area contributed by atoms with Crippen molar-refractivity contribution in [3.05, 3.63) is 17.6 Å². The molecule has 21 heavy (non-hydrogen) atoms. The summed E-state index contributed by atoms with van der Waals surface area (Å²) < 4.78 is 10.2. The molecule has 2 rings (SSSR count). The number of nitrogens with zero attached hydrogens (tertiary/aromatic N) is 2. The van der Waals surface area contributed by atoms with Crippen molar-refractivity contribution in [2.75, 3.05) is 26.8 Å². The van der Waals surface area contributed by atoms with Crippen LogP contribution in [0.15, 0.2) is 6.07 Å². The first-order chi connectivity index (χ1) is 10.2. The van der Waals surface area contributed by atoms with Crippen molar-refractivity contribution in [1.29, 1.82) is 0 Å². The molecule has 1 saturated heterocycles. The van der Waals surface area contributed by atoms with Gasteiger partial charge in [-0.25, -0.2) is 9.78 Å². The van der Waals surface area contributed by atoms with Crippen LogP contribution in [0.2, 0.25) is 0 Å². The van der Waals surface area contributed by atoms with E-state index in [1.165, 1.54) is 13.5 Å². The molecule has 0 saturated carbocycles. The maximum Gasteiger partial charge on any atom is 0.384 e. The summed E-state index contributed by atoms with van der Waals surface area (Å²) in [6.07, 6.45) is 2.33. The van der Waals surface area contributed by atoms with Gasteiger partial charge in [-0.2, -0.15) is 4.98 Å². The maximum absolute atomic E-state index is 11.0. The number of rotatable bonds is 3. The van der Waals surface area contributed by atoms with Crippen LogP contribution in [-0.2, 0) is 9.53 Å². The van der Waals surface area contributed by atoms with Crippen molar-refractivity contribution in [3.63, 3.8) is 0 Å². The SMILES string of the molecule is COC(=O)C#Cc1cc(OCC2CCCNC2)nc(C)n1. The van der Waals surface area contributed by atoms with Crippen LogP contribution in [0, 0.1) is 24.7 Å². The topological polar surface area (TPSA) is 73.3 Å².